The first-order chi connectivity index (χ1) is 16.5. The molecule has 1 N–H and O–H groups in total. The van der Waals surface area contributed by atoms with Gasteiger partial charge in [0.25, 0.3) is 0 Å². The number of rotatable bonds is 7. The number of thioether (sulfide) groups is 1. The number of methoxy groups -OCH3 is 1. The number of carbonyl (C=O) groups excluding carboxylic acids is 2. The van der Waals surface area contributed by atoms with Gasteiger partial charge in [0, 0.05) is 23.1 Å². The van der Waals surface area contributed by atoms with Crippen LogP contribution >= 0.6 is 27.7 Å². The number of anilines is 1. The Balaban J connectivity index is 1.51. The molecule has 0 aliphatic carbocycles. The molecule has 8 heteroatoms. The summed E-state index contributed by atoms with van der Waals surface area (Å²) >= 11 is 4.72. The van der Waals surface area contributed by atoms with Crippen LogP contribution in [0.5, 0.6) is 5.75 Å². The zero-order valence-corrected chi connectivity index (χ0v) is 21.0. The number of amides is 2. The number of nitrogens with zero attached hydrogens (tertiary/aromatic N) is 2. The number of benzene rings is 3. The number of para-hydroxylation sites is 1. The lowest BCUT2D eigenvalue weighted by Crippen LogP contribution is -2.46. The fourth-order valence-electron chi connectivity index (χ4n) is 3.46. The highest BCUT2D eigenvalue weighted by Crippen LogP contribution is 2.30. The molecular weight excluding hydrogens is 514 g/mol. The third kappa shape index (κ3) is 6.27. The number of halogens is 1. The van der Waals surface area contributed by atoms with Gasteiger partial charge in [0.05, 0.1) is 12.8 Å². The molecule has 3 aromatic rings. The summed E-state index contributed by atoms with van der Waals surface area (Å²) in [7, 11) is 1.63. The highest BCUT2D eigenvalue weighted by atomic mass is 79.9. The van der Waals surface area contributed by atoms with Crippen molar-refractivity contribution in [2.45, 2.75) is 18.1 Å². The van der Waals surface area contributed by atoms with Gasteiger partial charge in [0.1, 0.15) is 11.0 Å². The lowest BCUT2D eigenvalue weighted by atomic mass is 10.1. The van der Waals surface area contributed by atoms with Gasteiger partial charge in [-0.3, -0.25) is 14.5 Å². The minimum atomic E-state index is -0.559. The number of amidine groups is 1. The van der Waals surface area contributed by atoms with E-state index in [1.165, 1.54) is 11.8 Å². The zero-order valence-electron chi connectivity index (χ0n) is 18.6. The number of hydrogen-bond acceptors (Lipinski definition) is 5. The monoisotopic (exact) mass is 537 g/mol. The predicted octanol–water partition coefficient (Wildman–Crippen LogP) is 5.66. The van der Waals surface area contributed by atoms with Crippen molar-refractivity contribution in [3.63, 3.8) is 0 Å². The predicted molar refractivity (Wildman–Crippen MR) is 141 cm³/mol. The highest BCUT2D eigenvalue weighted by Gasteiger charge is 2.35. The molecule has 2 amide bonds. The van der Waals surface area contributed by atoms with Crippen LogP contribution in [-0.2, 0) is 16.0 Å². The molecule has 34 heavy (non-hydrogen) atoms. The van der Waals surface area contributed by atoms with Crippen LogP contribution in [0.3, 0.4) is 0 Å². The minimum absolute atomic E-state index is 0.113. The van der Waals surface area contributed by atoms with E-state index < -0.39 is 5.25 Å². The van der Waals surface area contributed by atoms with Crippen LogP contribution in [-0.4, -0.2) is 40.8 Å². The van der Waals surface area contributed by atoms with Crippen molar-refractivity contribution in [3.05, 3.63) is 88.9 Å². The maximum atomic E-state index is 13.2. The van der Waals surface area contributed by atoms with Crippen LogP contribution in [0.4, 0.5) is 11.4 Å². The summed E-state index contributed by atoms with van der Waals surface area (Å²) in [5.74, 6) is 0.466. The van der Waals surface area contributed by atoms with Gasteiger partial charge in [-0.05, 0) is 60.5 Å². The average molecular weight is 538 g/mol. The quantitative estimate of drug-likeness (QED) is 0.422. The second-order valence-electron chi connectivity index (χ2n) is 7.68. The Kier molecular flexibility index (Phi) is 8.03. The first-order valence-corrected chi connectivity index (χ1v) is 12.5. The number of aliphatic imine (C=N–C) groups is 1. The average Bonchev–Trinajstić information content (AvgIpc) is 2.85. The third-order valence-corrected chi connectivity index (χ3v) is 7.02. The maximum Gasteiger partial charge on any atom is 0.238 e. The molecule has 1 unspecified atom stereocenters. The van der Waals surface area contributed by atoms with Crippen molar-refractivity contribution in [3.8, 4) is 5.75 Å². The number of carbonyl (C=O) groups is 2. The van der Waals surface area contributed by atoms with Gasteiger partial charge in [-0.25, -0.2) is 4.99 Å². The van der Waals surface area contributed by atoms with Crippen molar-refractivity contribution in [1.29, 1.82) is 0 Å². The summed E-state index contributed by atoms with van der Waals surface area (Å²) in [6.07, 6.45) is 0.781. The summed E-state index contributed by atoms with van der Waals surface area (Å²) in [4.78, 5) is 32.5. The fraction of sp³-hybridized carbons (Fsp3) is 0.192. The van der Waals surface area contributed by atoms with Gasteiger partial charge in [-0.2, -0.15) is 0 Å². The summed E-state index contributed by atoms with van der Waals surface area (Å²) in [6.45, 7) is 0.477. The van der Waals surface area contributed by atoms with Crippen molar-refractivity contribution in [1.82, 2.24) is 4.90 Å². The molecular formula is C26H24BrN3O3S. The molecule has 1 atom stereocenters. The Morgan fingerprint density at radius 3 is 2.47 bits per heavy atom. The van der Waals surface area contributed by atoms with Crippen LogP contribution in [0.1, 0.15) is 12.0 Å². The summed E-state index contributed by atoms with van der Waals surface area (Å²) in [5.41, 5.74) is 2.51. The lowest BCUT2D eigenvalue weighted by molar-refractivity contribution is -0.129. The van der Waals surface area contributed by atoms with Gasteiger partial charge in [0.15, 0.2) is 5.17 Å². The molecule has 1 aliphatic heterocycles. The van der Waals surface area contributed by atoms with Gasteiger partial charge >= 0.3 is 0 Å². The Hall–Kier alpha value is -3.10. The largest absolute Gasteiger partial charge is 0.497 e. The van der Waals surface area contributed by atoms with Gasteiger partial charge in [-0.15, -0.1) is 0 Å². The number of ether oxygens (including phenoxy) is 1. The molecule has 1 fully saturated rings. The number of nitrogens with one attached hydrogen (secondary N) is 1. The Morgan fingerprint density at radius 2 is 1.79 bits per heavy atom. The van der Waals surface area contributed by atoms with Crippen molar-refractivity contribution in [2.75, 3.05) is 19.0 Å². The van der Waals surface area contributed by atoms with Gasteiger partial charge < -0.3 is 10.1 Å². The van der Waals surface area contributed by atoms with E-state index in [0.29, 0.717) is 23.8 Å². The molecule has 0 aromatic heterocycles. The first kappa shape index (κ1) is 24.0. The van der Waals surface area contributed by atoms with E-state index in [2.05, 4.69) is 21.2 Å². The third-order valence-electron chi connectivity index (χ3n) is 5.31. The van der Waals surface area contributed by atoms with E-state index in [1.807, 2.05) is 78.9 Å². The van der Waals surface area contributed by atoms with Crippen molar-refractivity contribution >= 4 is 56.0 Å². The zero-order chi connectivity index (χ0) is 23.9. The molecule has 0 saturated carbocycles. The lowest BCUT2D eigenvalue weighted by Gasteiger charge is -2.32. The SMILES string of the molecule is COc1ccc(CCN2C(=O)CC(C(=O)Nc3ccc(Br)cc3)SC2=Nc2ccccc2)cc1. The second-order valence-corrected chi connectivity index (χ2v) is 9.77. The van der Waals surface area contributed by atoms with Crippen LogP contribution in [0.2, 0.25) is 0 Å². The molecule has 6 nitrogen and oxygen atoms in total. The molecule has 1 aliphatic rings. The van der Waals surface area contributed by atoms with Crippen LogP contribution < -0.4 is 10.1 Å². The van der Waals surface area contributed by atoms with E-state index in [4.69, 9.17) is 9.73 Å². The highest BCUT2D eigenvalue weighted by molar-refractivity contribution is 9.10. The van der Waals surface area contributed by atoms with Crippen LogP contribution in [0, 0.1) is 0 Å². The van der Waals surface area contributed by atoms with E-state index in [-0.39, 0.29) is 18.2 Å². The molecule has 1 heterocycles. The van der Waals surface area contributed by atoms with Crippen molar-refractivity contribution < 1.29 is 14.3 Å². The van der Waals surface area contributed by atoms with Gasteiger partial charge in [-0.1, -0.05) is 58.0 Å². The smallest absolute Gasteiger partial charge is 0.238 e. The Bertz CT molecular complexity index is 1170. The normalized spacial score (nSPS) is 17.0. The second kappa shape index (κ2) is 11.4. The standard InChI is InChI=1S/C26H24BrN3O3S/c1-33-22-13-7-18(8-14-22)15-16-30-24(31)17-23(25(32)28-21-11-9-19(27)10-12-21)34-26(30)29-20-5-3-2-4-6-20/h2-14,23H,15-17H2,1H3,(H,28,32). The molecule has 174 valence electrons. The fourth-order valence-corrected chi connectivity index (χ4v) is 4.85. The van der Waals surface area contributed by atoms with Gasteiger partial charge in [0.2, 0.25) is 11.8 Å². The Labute approximate surface area is 211 Å². The van der Waals surface area contributed by atoms with Crippen molar-refractivity contribution in [2.24, 2.45) is 4.99 Å². The van der Waals surface area contributed by atoms with Crippen LogP contribution in [0.25, 0.3) is 0 Å². The first-order valence-electron chi connectivity index (χ1n) is 10.8. The van der Waals surface area contributed by atoms with E-state index >= 15 is 0 Å². The molecule has 0 bridgehead atoms. The summed E-state index contributed by atoms with van der Waals surface area (Å²) < 4.78 is 6.15. The van der Waals surface area contributed by atoms with E-state index in [9.17, 15) is 9.59 Å². The molecule has 3 aromatic carbocycles. The minimum Gasteiger partial charge on any atom is -0.497 e. The summed E-state index contributed by atoms with van der Waals surface area (Å²) in [5, 5.41) is 2.88. The molecule has 0 radical (unpaired) electrons. The van der Waals surface area contributed by atoms with E-state index in [1.54, 1.807) is 12.0 Å². The van der Waals surface area contributed by atoms with E-state index in [0.717, 1.165) is 21.5 Å². The summed E-state index contributed by atoms with van der Waals surface area (Å²) in [6, 6.07) is 24.6. The molecule has 4 rings (SSSR count). The number of hydrogen-bond donors (Lipinski definition) is 1. The maximum absolute atomic E-state index is 13.2. The molecule has 0 spiro atoms. The Morgan fingerprint density at radius 1 is 1.09 bits per heavy atom. The topological polar surface area (TPSA) is 71.0 Å². The van der Waals surface area contributed by atoms with Crippen LogP contribution in [0.15, 0.2) is 88.3 Å². The molecule has 1 saturated heterocycles.